The summed E-state index contributed by atoms with van der Waals surface area (Å²) in [7, 11) is 0. The van der Waals surface area contributed by atoms with Crippen LogP contribution in [0.2, 0.25) is 0 Å². The Morgan fingerprint density at radius 1 is 1.14 bits per heavy atom. The van der Waals surface area contributed by atoms with Crippen LogP contribution in [0.4, 0.5) is 4.39 Å². The Morgan fingerprint density at radius 3 is 2.52 bits per heavy atom. The van der Waals surface area contributed by atoms with E-state index < -0.39 is 12.1 Å². The summed E-state index contributed by atoms with van der Waals surface area (Å²) >= 11 is 1.39. The van der Waals surface area contributed by atoms with Gasteiger partial charge in [0.15, 0.2) is 0 Å². The molecule has 0 spiro atoms. The molecule has 0 amide bonds. The van der Waals surface area contributed by atoms with Gasteiger partial charge in [0.1, 0.15) is 6.17 Å². The lowest BCUT2D eigenvalue weighted by atomic mass is 10.1. The average Bonchev–Trinajstić information content (AvgIpc) is 2.45. The minimum absolute atomic E-state index is 0.121. The zero-order valence-electron chi connectivity index (χ0n) is 13.4. The second kappa shape index (κ2) is 15.9. The number of hydrogen-bond acceptors (Lipinski definition) is 2. The number of hydrogen-bond donors (Lipinski definition) is 1. The van der Waals surface area contributed by atoms with E-state index in [1.165, 1.54) is 50.3 Å². The molecule has 0 saturated carbocycles. The van der Waals surface area contributed by atoms with Gasteiger partial charge in [-0.05, 0) is 25.7 Å². The Balaban J connectivity index is 3.27. The Morgan fingerprint density at radius 2 is 1.81 bits per heavy atom. The number of carboxylic acids is 1. The number of aliphatic carboxylic acids is 1. The Kier molecular flexibility index (Phi) is 15.5. The summed E-state index contributed by atoms with van der Waals surface area (Å²) in [5, 5.41) is 8.47. The van der Waals surface area contributed by atoms with E-state index in [0.29, 0.717) is 17.9 Å². The maximum absolute atomic E-state index is 13.5. The van der Waals surface area contributed by atoms with E-state index in [0.717, 1.165) is 12.8 Å². The van der Waals surface area contributed by atoms with E-state index in [1.807, 2.05) is 0 Å². The van der Waals surface area contributed by atoms with Gasteiger partial charge in [0.05, 0.1) is 6.42 Å². The standard InChI is InChI=1S/C17H31FO2S/c1-2-3-4-5-6-7-8-9-10-11-12-16(18)15-21-14-13-17(19)20/h9-10,16H,2-8,11-15H2,1H3,(H,19,20)/b10-9-. The van der Waals surface area contributed by atoms with Crippen molar-refractivity contribution in [2.45, 2.75) is 77.3 Å². The third kappa shape index (κ3) is 17.4. The fourth-order valence-electron chi connectivity index (χ4n) is 2.01. The van der Waals surface area contributed by atoms with Gasteiger partial charge in [0, 0.05) is 11.5 Å². The Hall–Kier alpha value is -0.510. The molecule has 0 aromatic carbocycles. The molecule has 21 heavy (non-hydrogen) atoms. The molecule has 4 heteroatoms. The van der Waals surface area contributed by atoms with Gasteiger partial charge in [0.25, 0.3) is 0 Å². The summed E-state index contributed by atoms with van der Waals surface area (Å²) in [5.41, 5.74) is 0. The first-order valence-electron chi connectivity index (χ1n) is 8.25. The lowest BCUT2D eigenvalue weighted by Gasteiger charge is -2.05. The average molecular weight is 318 g/mol. The normalized spacial score (nSPS) is 12.9. The van der Waals surface area contributed by atoms with Gasteiger partial charge in [0.2, 0.25) is 0 Å². The van der Waals surface area contributed by atoms with Gasteiger partial charge < -0.3 is 5.11 Å². The Labute approximate surface area is 133 Å². The van der Waals surface area contributed by atoms with Crippen molar-refractivity contribution in [2.24, 2.45) is 0 Å². The zero-order valence-corrected chi connectivity index (χ0v) is 14.2. The van der Waals surface area contributed by atoms with Crippen molar-refractivity contribution >= 4 is 17.7 Å². The summed E-state index contributed by atoms with van der Waals surface area (Å²) in [6.07, 6.45) is 13.9. The van der Waals surface area contributed by atoms with E-state index in [2.05, 4.69) is 19.1 Å². The maximum Gasteiger partial charge on any atom is 0.304 e. The monoisotopic (exact) mass is 318 g/mol. The highest BCUT2D eigenvalue weighted by Crippen LogP contribution is 2.13. The van der Waals surface area contributed by atoms with E-state index in [4.69, 9.17) is 5.11 Å². The highest BCUT2D eigenvalue weighted by molar-refractivity contribution is 7.99. The smallest absolute Gasteiger partial charge is 0.304 e. The van der Waals surface area contributed by atoms with Gasteiger partial charge in [-0.15, -0.1) is 0 Å². The van der Waals surface area contributed by atoms with Crippen LogP contribution in [0.5, 0.6) is 0 Å². The maximum atomic E-state index is 13.5. The number of alkyl halides is 1. The lowest BCUT2D eigenvalue weighted by Crippen LogP contribution is -2.05. The molecular formula is C17H31FO2S. The highest BCUT2D eigenvalue weighted by Gasteiger charge is 2.05. The molecule has 0 aromatic heterocycles. The summed E-state index contributed by atoms with van der Waals surface area (Å²) in [6, 6.07) is 0. The van der Waals surface area contributed by atoms with Crippen molar-refractivity contribution in [2.75, 3.05) is 11.5 Å². The third-order valence-electron chi connectivity index (χ3n) is 3.30. The lowest BCUT2D eigenvalue weighted by molar-refractivity contribution is -0.136. The molecule has 124 valence electrons. The van der Waals surface area contributed by atoms with Crippen molar-refractivity contribution in [3.63, 3.8) is 0 Å². The van der Waals surface area contributed by atoms with Crippen molar-refractivity contribution < 1.29 is 14.3 Å². The first kappa shape index (κ1) is 20.5. The van der Waals surface area contributed by atoms with E-state index in [9.17, 15) is 9.18 Å². The first-order valence-corrected chi connectivity index (χ1v) is 9.40. The number of carboxylic acid groups (broad SMARTS) is 1. The molecule has 1 N–H and O–H groups in total. The molecule has 1 unspecified atom stereocenters. The SMILES string of the molecule is CCCCCCCC/C=C\CCC(F)CSCCC(=O)O. The molecule has 0 rings (SSSR count). The molecular weight excluding hydrogens is 287 g/mol. The zero-order chi connectivity index (χ0) is 15.8. The van der Waals surface area contributed by atoms with Gasteiger partial charge in [-0.3, -0.25) is 4.79 Å². The molecule has 0 aliphatic heterocycles. The number of carbonyl (C=O) groups is 1. The van der Waals surface area contributed by atoms with Crippen LogP contribution in [-0.4, -0.2) is 28.8 Å². The van der Waals surface area contributed by atoms with Gasteiger partial charge in [-0.2, -0.15) is 11.8 Å². The Bertz CT molecular complexity index is 270. The van der Waals surface area contributed by atoms with Crippen LogP contribution in [-0.2, 0) is 4.79 Å². The first-order chi connectivity index (χ1) is 10.2. The molecule has 0 aromatic rings. The summed E-state index contributed by atoms with van der Waals surface area (Å²) in [5.74, 6) is 0.109. The summed E-state index contributed by atoms with van der Waals surface area (Å²) in [4.78, 5) is 10.3. The number of rotatable bonds is 15. The molecule has 2 nitrogen and oxygen atoms in total. The van der Waals surface area contributed by atoms with Crippen molar-refractivity contribution in [3.8, 4) is 0 Å². The number of unbranched alkanes of at least 4 members (excludes halogenated alkanes) is 6. The molecule has 0 fully saturated rings. The minimum Gasteiger partial charge on any atom is -0.481 e. The van der Waals surface area contributed by atoms with Crippen molar-refractivity contribution in [3.05, 3.63) is 12.2 Å². The van der Waals surface area contributed by atoms with Crippen LogP contribution in [0.1, 0.15) is 71.1 Å². The predicted octanol–water partition coefficient (Wildman–Crippen LogP) is 5.62. The van der Waals surface area contributed by atoms with Crippen LogP contribution in [0, 0.1) is 0 Å². The van der Waals surface area contributed by atoms with Crippen LogP contribution in [0.3, 0.4) is 0 Å². The number of allylic oxidation sites excluding steroid dienone is 2. The van der Waals surface area contributed by atoms with Crippen molar-refractivity contribution in [1.82, 2.24) is 0 Å². The highest BCUT2D eigenvalue weighted by atomic mass is 32.2. The summed E-state index contributed by atoms with van der Waals surface area (Å²) in [6.45, 7) is 2.23. The molecule has 0 heterocycles. The molecule has 0 radical (unpaired) electrons. The second-order valence-electron chi connectivity index (χ2n) is 5.42. The molecule has 0 saturated heterocycles. The largest absolute Gasteiger partial charge is 0.481 e. The molecule has 0 bridgehead atoms. The fraction of sp³-hybridized carbons (Fsp3) is 0.824. The van der Waals surface area contributed by atoms with Crippen molar-refractivity contribution in [1.29, 1.82) is 0 Å². The van der Waals surface area contributed by atoms with Crippen LogP contribution in [0.25, 0.3) is 0 Å². The van der Waals surface area contributed by atoms with Gasteiger partial charge in [-0.1, -0.05) is 51.2 Å². The predicted molar refractivity (Wildman–Crippen MR) is 90.8 cm³/mol. The second-order valence-corrected chi connectivity index (χ2v) is 6.57. The quantitative estimate of drug-likeness (QED) is 0.314. The van der Waals surface area contributed by atoms with Gasteiger partial charge >= 0.3 is 5.97 Å². The van der Waals surface area contributed by atoms with Crippen LogP contribution < -0.4 is 0 Å². The molecule has 0 aliphatic rings. The van der Waals surface area contributed by atoms with E-state index in [-0.39, 0.29) is 6.42 Å². The third-order valence-corrected chi connectivity index (χ3v) is 4.39. The van der Waals surface area contributed by atoms with Crippen LogP contribution in [0.15, 0.2) is 12.2 Å². The topological polar surface area (TPSA) is 37.3 Å². The van der Waals surface area contributed by atoms with E-state index >= 15 is 0 Å². The minimum atomic E-state index is -0.817. The van der Waals surface area contributed by atoms with Crippen LogP contribution >= 0.6 is 11.8 Å². The molecule has 0 aliphatic carbocycles. The summed E-state index contributed by atoms with van der Waals surface area (Å²) < 4.78 is 13.5. The molecule has 1 atom stereocenters. The van der Waals surface area contributed by atoms with E-state index in [1.54, 1.807) is 0 Å². The number of halogens is 1. The number of thioether (sulfide) groups is 1. The van der Waals surface area contributed by atoms with Gasteiger partial charge in [-0.25, -0.2) is 4.39 Å². The fourth-order valence-corrected chi connectivity index (χ4v) is 2.92.